The molecule has 0 saturated heterocycles. The van der Waals surface area contributed by atoms with E-state index in [1.165, 1.54) is 25.3 Å². The van der Waals surface area contributed by atoms with Gasteiger partial charge in [-0.1, -0.05) is 6.07 Å². The number of nitrogens with two attached hydrogens (primary N) is 1. The van der Waals surface area contributed by atoms with Crippen LogP contribution in [0, 0.1) is 0 Å². The molecule has 0 bridgehead atoms. The van der Waals surface area contributed by atoms with Crippen molar-refractivity contribution in [3.05, 3.63) is 46.2 Å². The van der Waals surface area contributed by atoms with Gasteiger partial charge in [0.25, 0.3) is 5.91 Å². The number of primary amides is 1. The summed E-state index contributed by atoms with van der Waals surface area (Å²) in [6.45, 7) is 0.249. The number of hydrogen-bond donors (Lipinski definition) is 3. The van der Waals surface area contributed by atoms with E-state index in [1.807, 2.05) is 17.5 Å². The summed E-state index contributed by atoms with van der Waals surface area (Å²) in [7, 11) is -2.42. The van der Waals surface area contributed by atoms with Gasteiger partial charge in [-0.3, -0.25) is 4.79 Å². The lowest BCUT2D eigenvalue weighted by atomic mass is 10.0. The van der Waals surface area contributed by atoms with Gasteiger partial charge in [0.2, 0.25) is 10.0 Å². The highest BCUT2D eigenvalue weighted by Gasteiger charge is 2.19. The Morgan fingerprint density at radius 2 is 2.12 bits per heavy atom. The van der Waals surface area contributed by atoms with Crippen LogP contribution in [0.5, 0.6) is 5.75 Å². The second kappa shape index (κ2) is 9.13. The summed E-state index contributed by atoms with van der Waals surface area (Å²) in [5.41, 5.74) is 5.28. The number of nitrogens with one attached hydrogen (secondary N) is 1. The Bertz CT molecular complexity index is 835. The number of carbonyl (C=O) groups excluding carboxylic acids is 1. The Morgan fingerprint density at radius 1 is 1.35 bits per heavy atom. The fourth-order valence-electron chi connectivity index (χ4n) is 2.61. The van der Waals surface area contributed by atoms with E-state index in [0.29, 0.717) is 12.8 Å². The van der Waals surface area contributed by atoms with Crippen LogP contribution in [-0.4, -0.2) is 39.7 Å². The van der Waals surface area contributed by atoms with Crippen LogP contribution >= 0.6 is 11.3 Å². The van der Waals surface area contributed by atoms with Gasteiger partial charge in [0, 0.05) is 18.0 Å². The van der Waals surface area contributed by atoms with Crippen molar-refractivity contribution in [2.75, 3.05) is 20.3 Å². The molecule has 0 radical (unpaired) electrons. The van der Waals surface area contributed by atoms with Crippen LogP contribution in [0.4, 0.5) is 0 Å². The Kier molecular flexibility index (Phi) is 7.15. The van der Waals surface area contributed by atoms with E-state index in [0.717, 1.165) is 4.88 Å². The average molecular weight is 399 g/mol. The van der Waals surface area contributed by atoms with Crippen LogP contribution in [0.3, 0.4) is 0 Å². The third-order valence-corrected chi connectivity index (χ3v) is 6.45. The number of thiophene rings is 1. The average Bonchev–Trinajstić information content (AvgIpc) is 3.14. The Hall–Kier alpha value is -1.94. The quantitative estimate of drug-likeness (QED) is 0.563. The van der Waals surface area contributed by atoms with Gasteiger partial charge in [0.1, 0.15) is 5.75 Å². The maximum absolute atomic E-state index is 12.5. The van der Waals surface area contributed by atoms with Crippen molar-refractivity contribution in [3.63, 3.8) is 0 Å². The van der Waals surface area contributed by atoms with Crippen LogP contribution in [0.15, 0.2) is 40.6 Å². The van der Waals surface area contributed by atoms with Gasteiger partial charge < -0.3 is 15.6 Å². The van der Waals surface area contributed by atoms with E-state index in [2.05, 4.69) is 4.72 Å². The van der Waals surface area contributed by atoms with E-state index in [9.17, 15) is 18.3 Å². The van der Waals surface area contributed by atoms with Gasteiger partial charge in [-0.25, -0.2) is 13.1 Å². The molecule has 1 aromatic carbocycles. The lowest BCUT2D eigenvalue weighted by molar-refractivity contribution is 0.0997. The molecule has 7 nitrogen and oxygen atoms in total. The minimum Gasteiger partial charge on any atom is -0.496 e. The zero-order valence-corrected chi connectivity index (χ0v) is 16.0. The summed E-state index contributed by atoms with van der Waals surface area (Å²) in [4.78, 5) is 12.5. The summed E-state index contributed by atoms with van der Waals surface area (Å²) in [5.74, 6) is -0.462. The van der Waals surface area contributed by atoms with Crippen LogP contribution in [0.1, 0.15) is 34.0 Å². The van der Waals surface area contributed by atoms with Gasteiger partial charge in [0.05, 0.1) is 17.6 Å². The first-order valence-electron chi connectivity index (χ1n) is 8.00. The first-order valence-corrected chi connectivity index (χ1v) is 10.4. The maximum Gasteiger partial charge on any atom is 0.252 e. The molecule has 0 spiro atoms. The minimum atomic E-state index is -3.79. The summed E-state index contributed by atoms with van der Waals surface area (Å²) >= 11 is 1.58. The SMILES string of the molecule is COc1ccc(S(=O)(=O)NCC[C@H](CCO)c2cccs2)cc1C(N)=O. The second-order valence-corrected chi connectivity index (χ2v) is 8.38. The third kappa shape index (κ3) is 5.04. The van der Waals surface area contributed by atoms with Crippen LogP contribution < -0.4 is 15.2 Å². The molecular weight excluding hydrogens is 376 g/mol. The first kappa shape index (κ1) is 20.4. The van der Waals surface area contributed by atoms with Crippen molar-refractivity contribution < 1.29 is 23.1 Å². The molecule has 2 rings (SSSR count). The lowest BCUT2D eigenvalue weighted by Crippen LogP contribution is -2.26. The zero-order valence-electron chi connectivity index (χ0n) is 14.3. The highest BCUT2D eigenvalue weighted by atomic mass is 32.2. The van der Waals surface area contributed by atoms with Crippen molar-refractivity contribution in [2.45, 2.75) is 23.7 Å². The molecule has 0 fully saturated rings. The second-order valence-electron chi connectivity index (χ2n) is 5.64. The van der Waals surface area contributed by atoms with E-state index in [1.54, 1.807) is 11.3 Å². The molecule has 0 aliphatic carbocycles. The summed E-state index contributed by atoms with van der Waals surface area (Å²) in [6.07, 6.45) is 1.12. The number of ether oxygens (including phenoxy) is 1. The number of amides is 1. The van der Waals surface area contributed by atoms with Crippen LogP contribution in [-0.2, 0) is 10.0 Å². The van der Waals surface area contributed by atoms with Crippen LogP contribution in [0.25, 0.3) is 0 Å². The molecular formula is C17H22N2O5S2. The van der Waals surface area contributed by atoms with E-state index in [-0.39, 0.29) is 35.3 Å². The normalized spacial score (nSPS) is 12.7. The molecule has 1 amide bonds. The predicted molar refractivity (Wildman–Crippen MR) is 100 cm³/mol. The highest BCUT2D eigenvalue weighted by molar-refractivity contribution is 7.89. The molecule has 1 atom stereocenters. The highest BCUT2D eigenvalue weighted by Crippen LogP contribution is 2.27. The molecule has 1 aromatic heterocycles. The van der Waals surface area contributed by atoms with Gasteiger partial charge in [-0.2, -0.15) is 0 Å². The number of sulfonamides is 1. The smallest absolute Gasteiger partial charge is 0.252 e. The fraction of sp³-hybridized carbons (Fsp3) is 0.353. The fourth-order valence-corrected chi connectivity index (χ4v) is 4.58. The largest absolute Gasteiger partial charge is 0.496 e. The van der Waals surface area contributed by atoms with Gasteiger partial charge in [-0.05, 0) is 48.4 Å². The number of aliphatic hydroxyl groups excluding tert-OH is 1. The van der Waals surface area contributed by atoms with Crippen molar-refractivity contribution in [1.29, 1.82) is 0 Å². The van der Waals surface area contributed by atoms with Crippen molar-refractivity contribution in [2.24, 2.45) is 5.73 Å². The topological polar surface area (TPSA) is 119 Å². The number of benzene rings is 1. The summed E-state index contributed by atoms with van der Waals surface area (Å²) in [6, 6.07) is 7.86. The molecule has 2 aromatic rings. The van der Waals surface area contributed by atoms with E-state index >= 15 is 0 Å². The molecule has 0 unspecified atom stereocenters. The molecule has 0 aliphatic rings. The van der Waals surface area contributed by atoms with Crippen LogP contribution in [0.2, 0.25) is 0 Å². The third-order valence-electron chi connectivity index (χ3n) is 3.95. The van der Waals surface area contributed by atoms with Crippen molar-refractivity contribution in [3.8, 4) is 5.75 Å². The Balaban J connectivity index is 2.08. The Labute approximate surface area is 156 Å². The molecule has 9 heteroatoms. The molecule has 26 heavy (non-hydrogen) atoms. The molecule has 0 saturated carbocycles. The van der Waals surface area contributed by atoms with Crippen molar-refractivity contribution >= 4 is 27.3 Å². The predicted octanol–water partition coefficient (Wildman–Crippen LogP) is 1.69. The molecule has 0 aliphatic heterocycles. The molecule has 1 heterocycles. The van der Waals surface area contributed by atoms with E-state index in [4.69, 9.17) is 10.5 Å². The number of hydrogen-bond acceptors (Lipinski definition) is 6. The number of aliphatic hydroxyl groups is 1. The zero-order chi connectivity index (χ0) is 19.2. The standard InChI is InChI=1S/C17H22N2O5S2/c1-24-15-5-4-13(11-14(15)17(18)21)26(22,23)19-8-6-12(7-9-20)16-3-2-10-25-16/h2-5,10-12,19-20H,6-9H2,1H3,(H2,18,21)/t12-/m1/s1. The van der Waals surface area contributed by atoms with Crippen molar-refractivity contribution in [1.82, 2.24) is 4.72 Å². The lowest BCUT2D eigenvalue weighted by Gasteiger charge is -2.15. The van der Waals surface area contributed by atoms with Gasteiger partial charge in [0.15, 0.2) is 0 Å². The van der Waals surface area contributed by atoms with E-state index < -0.39 is 15.9 Å². The van der Waals surface area contributed by atoms with Gasteiger partial charge in [-0.15, -0.1) is 11.3 Å². The monoisotopic (exact) mass is 398 g/mol. The minimum absolute atomic E-state index is 0.00659. The number of carbonyl (C=O) groups is 1. The summed E-state index contributed by atoms with van der Waals surface area (Å²) < 4.78 is 32.5. The molecule has 142 valence electrons. The number of methoxy groups -OCH3 is 1. The van der Waals surface area contributed by atoms with Gasteiger partial charge >= 0.3 is 0 Å². The Morgan fingerprint density at radius 3 is 2.69 bits per heavy atom. The maximum atomic E-state index is 12.5. The molecule has 4 N–H and O–H groups in total. The number of rotatable bonds is 10. The first-order chi connectivity index (χ1) is 12.4. The summed E-state index contributed by atoms with van der Waals surface area (Å²) in [5, 5.41) is 11.2.